The molecule has 0 saturated heterocycles. The molecule has 1 aromatic heterocycles. The minimum Gasteiger partial charge on any atom is -0.495 e. The molecule has 3 aromatic rings. The highest BCUT2D eigenvalue weighted by molar-refractivity contribution is 5.43. The SMILES string of the molecule is CCCCc1ccc(Cc2ccnc(Cc3ccc(CCCC)cc3)c2OC)cc1. The summed E-state index contributed by atoms with van der Waals surface area (Å²) in [6, 6.07) is 20.1. The molecule has 2 nitrogen and oxygen atoms in total. The number of hydrogen-bond donors (Lipinski definition) is 0. The van der Waals surface area contributed by atoms with Gasteiger partial charge in [0, 0.05) is 24.6 Å². The Morgan fingerprint density at radius 3 is 1.67 bits per heavy atom. The predicted molar refractivity (Wildman–Crippen MR) is 127 cm³/mol. The fourth-order valence-corrected chi connectivity index (χ4v) is 3.87. The second kappa shape index (κ2) is 11.5. The zero-order valence-corrected chi connectivity index (χ0v) is 18.8. The third kappa shape index (κ3) is 6.19. The van der Waals surface area contributed by atoms with E-state index in [0.717, 1.165) is 37.1 Å². The van der Waals surface area contributed by atoms with Crippen molar-refractivity contribution >= 4 is 0 Å². The van der Waals surface area contributed by atoms with Crippen molar-refractivity contribution in [3.63, 3.8) is 0 Å². The number of aromatic nitrogens is 1. The molecule has 0 radical (unpaired) electrons. The third-order valence-corrected chi connectivity index (χ3v) is 5.71. The molecule has 30 heavy (non-hydrogen) atoms. The molecular weight excluding hydrogens is 366 g/mol. The van der Waals surface area contributed by atoms with Gasteiger partial charge < -0.3 is 4.74 Å². The first-order chi connectivity index (χ1) is 14.7. The van der Waals surface area contributed by atoms with E-state index >= 15 is 0 Å². The van der Waals surface area contributed by atoms with Crippen molar-refractivity contribution in [2.45, 2.75) is 65.2 Å². The fraction of sp³-hybridized carbons (Fsp3) is 0.393. The average Bonchev–Trinajstić information content (AvgIpc) is 2.78. The monoisotopic (exact) mass is 401 g/mol. The zero-order chi connectivity index (χ0) is 21.2. The van der Waals surface area contributed by atoms with Crippen LogP contribution < -0.4 is 4.74 Å². The number of benzene rings is 2. The number of methoxy groups -OCH3 is 1. The molecule has 0 aliphatic rings. The minimum absolute atomic E-state index is 0.793. The lowest BCUT2D eigenvalue weighted by atomic mass is 9.99. The van der Waals surface area contributed by atoms with E-state index in [9.17, 15) is 0 Å². The lowest BCUT2D eigenvalue weighted by Crippen LogP contribution is -2.02. The molecule has 0 spiro atoms. The first kappa shape index (κ1) is 22.1. The van der Waals surface area contributed by atoms with E-state index in [1.807, 2.05) is 6.20 Å². The van der Waals surface area contributed by atoms with Gasteiger partial charge in [-0.15, -0.1) is 0 Å². The summed E-state index contributed by atoms with van der Waals surface area (Å²) in [6.45, 7) is 4.47. The van der Waals surface area contributed by atoms with Gasteiger partial charge in [-0.1, -0.05) is 75.2 Å². The lowest BCUT2D eigenvalue weighted by molar-refractivity contribution is 0.403. The zero-order valence-electron chi connectivity index (χ0n) is 18.8. The maximum Gasteiger partial charge on any atom is 0.144 e. The van der Waals surface area contributed by atoms with Gasteiger partial charge in [0.15, 0.2) is 0 Å². The molecule has 0 saturated carbocycles. The molecule has 2 aromatic carbocycles. The van der Waals surface area contributed by atoms with Gasteiger partial charge in [0.25, 0.3) is 0 Å². The number of ether oxygens (including phenoxy) is 1. The highest BCUT2D eigenvalue weighted by Crippen LogP contribution is 2.27. The quantitative estimate of drug-likeness (QED) is 0.346. The Morgan fingerprint density at radius 1 is 0.667 bits per heavy atom. The topological polar surface area (TPSA) is 22.1 Å². The van der Waals surface area contributed by atoms with Gasteiger partial charge in [-0.25, -0.2) is 0 Å². The third-order valence-electron chi connectivity index (χ3n) is 5.71. The Hall–Kier alpha value is -2.61. The van der Waals surface area contributed by atoms with E-state index in [4.69, 9.17) is 4.74 Å². The van der Waals surface area contributed by atoms with Gasteiger partial charge in [-0.2, -0.15) is 0 Å². The molecule has 0 unspecified atom stereocenters. The van der Waals surface area contributed by atoms with Crippen molar-refractivity contribution < 1.29 is 4.74 Å². The number of pyridine rings is 1. The average molecular weight is 402 g/mol. The molecule has 0 aliphatic heterocycles. The second-order valence-corrected chi connectivity index (χ2v) is 8.14. The second-order valence-electron chi connectivity index (χ2n) is 8.14. The van der Waals surface area contributed by atoms with Gasteiger partial charge in [-0.05, 0) is 54.0 Å². The summed E-state index contributed by atoms with van der Waals surface area (Å²) in [5.74, 6) is 0.919. The van der Waals surface area contributed by atoms with Crippen molar-refractivity contribution in [2.75, 3.05) is 7.11 Å². The Kier molecular flexibility index (Phi) is 8.50. The van der Waals surface area contributed by atoms with Crippen LogP contribution in [0, 0.1) is 0 Å². The van der Waals surface area contributed by atoms with Crippen molar-refractivity contribution in [2.24, 2.45) is 0 Å². The Morgan fingerprint density at radius 2 is 1.17 bits per heavy atom. The summed E-state index contributed by atoms with van der Waals surface area (Å²) in [6.07, 6.45) is 10.9. The predicted octanol–water partition coefficient (Wildman–Crippen LogP) is 6.96. The molecular formula is C28H35NO. The first-order valence-electron chi connectivity index (χ1n) is 11.4. The summed E-state index contributed by atoms with van der Waals surface area (Å²) in [4.78, 5) is 4.64. The van der Waals surface area contributed by atoms with Crippen molar-refractivity contribution in [3.8, 4) is 5.75 Å². The molecule has 3 rings (SSSR count). The van der Waals surface area contributed by atoms with Crippen LogP contribution in [-0.4, -0.2) is 12.1 Å². The van der Waals surface area contributed by atoms with Gasteiger partial charge in [0.1, 0.15) is 5.75 Å². The van der Waals surface area contributed by atoms with E-state index in [-0.39, 0.29) is 0 Å². The molecule has 158 valence electrons. The van der Waals surface area contributed by atoms with Gasteiger partial charge in [0.2, 0.25) is 0 Å². The van der Waals surface area contributed by atoms with Gasteiger partial charge in [0.05, 0.1) is 12.8 Å². The number of unbranched alkanes of at least 4 members (excludes halogenated alkanes) is 2. The van der Waals surface area contributed by atoms with Crippen LogP contribution in [0.2, 0.25) is 0 Å². The normalized spacial score (nSPS) is 10.9. The summed E-state index contributed by atoms with van der Waals surface area (Å²) in [7, 11) is 1.76. The van der Waals surface area contributed by atoms with Crippen LogP contribution in [0.4, 0.5) is 0 Å². The maximum absolute atomic E-state index is 5.81. The number of rotatable bonds is 11. The molecule has 0 bridgehead atoms. The van der Waals surface area contributed by atoms with Crippen LogP contribution in [0.25, 0.3) is 0 Å². The van der Waals surface area contributed by atoms with Crippen LogP contribution in [0.1, 0.15) is 73.0 Å². The Bertz CT molecular complexity index is 825. The van der Waals surface area contributed by atoms with Crippen molar-refractivity contribution in [1.82, 2.24) is 4.98 Å². The Balaban J connectivity index is 1.72. The van der Waals surface area contributed by atoms with Crippen molar-refractivity contribution in [1.29, 1.82) is 0 Å². The largest absolute Gasteiger partial charge is 0.495 e. The van der Waals surface area contributed by atoms with Gasteiger partial charge in [-0.3, -0.25) is 4.98 Å². The smallest absolute Gasteiger partial charge is 0.144 e. The molecule has 0 fully saturated rings. The number of nitrogens with zero attached hydrogens (tertiary/aromatic N) is 1. The van der Waals surface area contributed by atoms with Crippen LogP contribution in [0.15, 0.2) is 60.8 Å². The van der Waals surface area contributed by atoms with E-state index in [0.29, 0.717) is 0 Å². The fourth-order valence-electron chi connectivity index (χ4n) is 3.87. The van der Waals surface area contributed by atoms with E-state index in [1.54, 1.807) is 7.11 Å². The number of aryl methyl sites for hydroxylation is 2. The highest BCUT2D eigenvalue weighted by Gasteiger charge is 2.12. The standard InChI is InChI=1S/C28H35NO/c1-4-6-8-22-10-14-24(15-11-22)20-26-18-19-29-27(28(26)30-3)21-25-16-12-23(13-17-25)9-7-5-2/h10-19H,4-9,20-21H2,1-3H3. The number of hydrogen-bond acceptors (Lipinski definition) is 2. The van der Waals surface area contributed by atoms with E-state index in [1.165, 1.54) is 53.5 Å². The minimum atomic E-state index is 0.793. The van der Waals surface area contributed by atoms with Crippen LogP contribution in [0.3, 0.4) is 0 Å². The molecule has 1 heterocycles. The molecule has 2 heteroatoms. The van der Waals surface area contributed by atoms with Crippen LogP contribution >= 0.6 is 0 Å². The van der Waals surface area contributed by atoms with Crippen LogP contribution in [0.5, 0.6) is 5.75 Å². The summed E-state index contributed by atoms with van der Waals surface area (Å²) >= 11 is 0. The molecule has 0 N–H and O–H groups in total. The molecule has 0 amide bonds. The van der Waals surface area contributed by atoms with Gasteiger partial charge >= 0.3 is 0 Å². The van der Waals surface area contributed by atoms with E-state index < -0.39 is 0 Å². The maximum atomic E-state index is 5.81. The Labute approximate surface area is 182 Å². The summed E-state index contributed by atoms with van der Waals surface area (Å²) in [5.41, 5.74) is 7.63. The molecule has 0 aliphatic carbocycles. The van der Waals surface area contributed by atoms with Crippen LogP contribution in [-0.2, 0) is 25.7 Å². The first-order valence-corrected chi connectivity index (χ1v) is 11.4. The summed E-state index contributed by atoms with van der Waals surface area (Å²) < 4.78 is 5.81. The van der Waals surface area contributed by atoms with Crippen molar-refractivity contribution in [3.05, 3.63) is 94.3 Å². The summed E-state index contributed by atoms with van der Waals surface area (Å²) in [5, 5.41) is 0. The lowest BCUT2D eigenvalue weighted by Gasteiger charge is -2.13. The molecule has 0 atom stereocenters. The highest BCUT2D eigenvalue weighted by atomic mass is 16.5. The van der Waals surface area contributed by atoms with E-state index in [2.05, 4.69) is 73.4 Å².